The van der Waals surface area contributed by atoms with Gasteiger partial charge in [0.25, 0.3) is 11.6 Å². The van der Waals surface area contributed by atoms with Crippen molar-refractivity contribution in [3.05, 3.63) is 80.3 Å². The fraction of sp³-hybridized carbons (Fsp3) is 0.190. The van der Waals surface area contributed by atoms with E-state index in [0.29, 0.717) is 15.8 Å². The van der Waals surface area contributed by atoms with Gasteiger partial charge >= 0.3 is 5.97 Å². The summed E-state index contributed by atoms with van der Waals surface area (Å²) in [5, 5.41) is 15.7. The highest BCUT2D eigenvalue weighted by atomic mass is 32.2. The van der Waals surface area contributed by atoms with Crippen LogP contribution in [0.3, 0.4) is 0 Å². The molecule has 0 aliphatic carbocycles. The summed E-state index contributed by atoms with van der Waals surface area (Å²) in [6, 6.07) is 11.6. The first-order valence-corrected chi connectivity index (χ1v) is 10.9. The Bertz CT molecular complexity index is 1130. The first kappa shape index (κ1) is 22.4. The molecule has 160 valence electrons. The van der Waals surface area contributed by atoms with E-state index in [2.05, 4.69) is 10.3 Å². The minimum atomic E-state index is -0.814. The van der Waals surface area contributed by atoms with E-state index < -0.39 is 23.4 Å². The van der Waals surface area contributed by atoms with Crippen LogP contribution in [0.5, 0.6) is 0 Å². The molecule has 0 spiro atoms. The normalized spacial score (nSPS) is 10.5. The van der Waals surface area contributed by atoms with Crippen molar-refractivity contribution in [1.82, 2.24) is 10.3 Å². The number of aryl methyl sites for hydroxylation is 2. The van der Waals surface area contributed by atoms with E-state index in [0.717, 1.165) is 22.9 Å². The van der Waals surface area contributed by atoms with Crippen molar-refractivity contribution in [3.8, 4) is 0 Å². The van der Waals surface area contributed by atoms with Gasteiger partial charge in [-0.15, -0.1) is 11.3 Å². The van der Waals surface area contributed by atoms with Gasteiger partial charge in [0.05, 0.1) is 10.5 Å². The number of hydrogen-bond donors (Lipinski definition) is 1. The number of nitrogens with one attached hydrogen (secondary N) is 1. The van der Waals surface area contributed by atoms with Crippen LogP contribution in [0.1, 0.15) is 27.2 Å². The summed E-state index contributed by atoms with van der Waals surface area (Å²) in [5.74, 6) is -1.28. The van der Waals surface area contributed by atoms with Crippen LogP contribution in [0.4, 0.5) is 5.69 Å². The minimum Gasteiger partial charge on any atom is -0.452 e. The van der Waals surface area contributed by atoms with Gasteiger partial charge in [-0.1, -0.05) is 36.0 Å². The van der Waals surface area contributed by atoms with Crippen molar-refractivity contribution >= 4 is 40.7 Å². The van der Waals surface area contributed by atoms with E-state index in [-0.39, 0.29) is 11.3 Å². The molecule has 1 heterocycles. The van der Waals surface area contributed by atoms with Gasteiger partial charge < -0.3 is 10.1 Å². The van der Waals surface area contributed by atoms with Crippen LogP contribution < -0.4 is 5.32 Å². The summed E-state index contributed by atoms with van der Waals surface area (Å²) in [6.07, 6.45) is 0. The van der Waals surface area contributed by atoms with E-state index >= 15 is 0 Å². The third-order valence-electron chi connectivity index (χ3n) is 4.26. The van der Waals surface area contributed by atoms with Crippen LogP contribution in [0.2, 0.25) is 0 Å². The van der Waals surface area contributed by atoms with Gasteiger partial charge in [-0.25, -0.2) is 9.78 Å². The second-order valence-corrected chi connectivity index (χ2v) is 8.72. The van der Waals surface area contributed by atoms with Crippen LogP contribution in [0, 0.1) is 24.0 Å². The van der Waals surface area contributed by atoms with Crippen molar-refractivity contribution in [2.24, 2.45) is 0 Å². The van der Waals surface area contributed by atoms with E-state index in [4.69, 9.17) is 4.74 Å². The number of carbonyl (C=O) groups excluding carboxylic acids is 2. The molecular formula is C21H19N3O5S2. The number of aromatic nitrogens is 1. The predicted molar refractivity (Wildman–Crippen MR) is 117 cm³/mol. The Kier molecular flexibility index (Phi) is 7.37. The number of nitro groups is 1. The van der Waals surface area contributed by atoms with E-state index in [1.165, 1.54) is 35.2 Å². The maximum atomic E-state index is 12.6. The molecule has 0 saturated heterocycles. The first-order valence-electron chi connectivity index (χ1n) is 9.20. The zero-order valence-electron chi connectivity index (χ0n) is 16.8. The second kappa shape index (κ2) is 10.2. The molecule has 31 heavy (non-hydrogen) atoms. The summed E-state index contributed by atoms with van der Waals surface area (Å²) in [5.41, 5.74) is 2.60. The Morgan fingerprint density at radius 3 is 2.68 bits per heavy atom. The second-order valence-electron chi connectivity index (χ2n) is 6.57. The SMILES string of the molecule is Cc1csc(Sc2ccc([N+](=O)[O-])cc2C(=O)OCC(=O)NCc2ccccc2C)n1. The van der Waals surface area contributed by atoms with Gasteiger partial charge in [0, 0.05) is 34.6 Å². The van der Waals surface area contributed by atoms with Crippen LogP contribution in [-0.2, 0) is 16.1 Å². The molecule has 8 nitrogen and oxygen atoms in total. The topological polar surface area (TPSA) is 111 Å². The standard InChI is InChI=1S/C21H19N3O5S2/c1-13-5-3-4-6-15(13)10-22-19(25)11-29-20(26)17-9-16(24(27)28)7-8-18(17)31-21-23-14(2)12-30-21/h3-9,12H,10-11H2,1-2H3,(H,22,25). The van der Waals surface area contributed by atoms with E-state index in [9.17, 15) is 19.7 Å². The molecule has 1 N–H and O–H groups in total. The Hall–Kier alpha value is -3.24. The zero-order chi connectivity index (χ0) is 22.4. The predicted octanol–water partition coefficient (Wildman–Crippen LogP) is 4.29. The lowest BCUT2D eigenvalue weighted by molar-refractivity contribution is -0.384. The Morgan fingerprint density at radius 2 is 2.00 bits per heavy atom. The number of nitrogens with zero attached hydrogens (tertiary/aromatic N) is 2. The summed E-state index contributed by atoms with van der Waals surface area (Å²) in [4.78, 5) is 40.1. The van der Waals surface area contributed by atoms with E-state index in [1.54, 1.807) is 0 Å². The number of benzene rings is 2. The molecule has 2 aromatic carbocycles. The Morgan fingerprint density at radius 1 is 1.23 bits per heavy atom. The third kappa shape index (κ3) is 6.12. The van der Waals surface area contributed by atoms with Gasteiger partial charge in [0.2, 0.25) is 0 Å². The molecule has 10 heteroatoms. The summed E-state index contributed by atoms with van der Waals surface area (Å²) < 4.78 is 5.81. The van der Waals surface area contributed by atoms with Crippen LogP contribution in [-0.4, -0.2) is 28.4 Å². The summed E-state index contributed by atoms with van der Waals surface area (Å²) in [6.45, 7) is 3.60. The first-order chi connectivity index (χ1) is 14.8. The number of nitro benzene ring substituents is 1. The van der Waals surface area contributed by atoms with Crippen molar-refractivity contribution < 1.29 is 19.2 Å². The molecule has 1 aromatic heterocycles. The molecule has 3 rings (SSSR count). The smallest absolute Gasteiger partial charge is 0.340 e. The number of carbonyl (C=O) groups is 2. The monoisotopic (exact) mass is 457 g/mol. The van der Waals surface area contributed by atoms with Gasteiger partial charge in [0.15, 0.2) is 10.9 Å². The maximum Gasteiger partial charge on any atom is 0.340 e. The molecule has 1 amide bonds. The lowest BCUT2D eigenvalue weighted by Crippen LogP contribution is -2.28. The molecule has 0 aliphatic rings. The largest absolute Gasteiger partial charge is 0.452 e. The minimum absolute atomic E-state index is 0.0127. The Balaban J connectivity index is 1.67. The quantitative estimate of drug-likeness (QED) is 0.305. The number of rotatable bonds is 8. The molecule has 0 fully saturated rings. The van der Waals surface area contributed by atoms with Crippen molar-refractivity contribution in [2.75, 3.05) is 6.61 Å². The molecule has 0 radical (unpaired) electrons. The van der Waals surface area contributed by atoms with Crippen molar-refractivity contribution in [3.63, 3.8) is 0 Å². The molecule has 0 aliphatic heterocycles. The number of amides is 1. The van der Waals surface area contributed by atoms with Crippen LogP contribution in [0.25, 0.3) is 0 Å². The average Bonchev–Trinajstić information content (AvgIpc) is 3.16. The van der Waals surface area contributed by atoms with Gasteiger partial charge in [-0.2, -0.15) is 0 Å². The number of thiazole rings is 1. The molecule has 0 unspecified atom stereocenters. The van der Waals surface area contributed by atoms with Gasteiger partial charge in [-0.05, 0) is 31.0 Å². The lowest BCUT2D eigenvalue weighted by atomic mass is 10.1. The molecule has 0 atom stereocenters. The van der Waals surface area contributed by atoms with Gasteiger partial charge in [-0.3, -0.25) is 14.9 Å². The average molecular weight is 458 g/mol. The van der Waals surface area contributed by atoms with Crippen LogP contribution >= 0.6 is 23.1 Å². The van der Waals surface area contributed by atoms with Crippen LogP contribution in [0.15, 0.2) is 57.1 Å². The van der Waals surface area contributed by atoms with Crippen molar-refractivity contribution in [2.45, 2.75) is 29.6 Å². The highest BCUT2D eigenvalue weighted by Gasteiger charge is 2.20. The number of ether oxygens (including phenoxy) is 1. The fourth-order valence-electron chi connectivity index (χ4n) is 2.62. The molecule has 0 bridgehead atoms. The molecule has 0 saturated carbocycles. The van der Waals surface area contributed by atoms with E-state index in [1.807, 2.05) is 43.5 Å². The zero-order valence-corrected chi connectivity index (χ0v) is 18.4. The number of esters is 1. The summed E-state index contributed by atoms with van der Waals surface area (Å²) >= 11 is 2.61. The molecule has 3 aromatic rings. The summed E-state index contributed by atoms with van der Waals surface area (Å²) in [7, 11) is 0. The highest BCUT2D eigenvalue weighted by Crippen LogP contribution is 2.34. The highest BCUT2D eigenvalue weighted by molar-refractivity contribution is 8.01. The fourth-order valence-corrected chi connectivity index (χ4v) is 4.51. The lowest BCUT2D eigenvalue weighted by Gasteiger charge is -2.10. The number of non-ortho nitro benzene ring substituents is 1. The van der Waals surface area contributed by atoms with Crippen molar-refractivity contribution in [1.29, 1.82) is 0 Å². The molecular weight excluding hydrogens is 438 g/mol. The maximum absolute atomic E-state index is 12.6. The Labute approximate surface area is 186 Å². The third-order valence-corrected chi connectivity index (χ3v) is 6.39. The van der Waals surface area contributed by atoms with Gasteiger partial charge in [0.1, 0.15) is 0 Å². The number of hydrogen-bond acceptors (Lipinski definition) is 8.